The summed E-state index contributed by atoms with van der Waals surface area (Å²) in [6.07, 6.45) is 0.708. The van der Waals surface area contributed by atoms with E-state index in [0.717, 1.165) is 0 Å². The molecule has 4 heteroatoms. The maximum absolute atomic E-state index is 10.4. The third-order valence-corrected chi connectivity index (χ3v) is 1.76. The van der Waals surface area contributed by atoms with E-state index in [2.05, 4.69) is 5.32 Å². The van der Waals surface area contributed by atoms with Gasteiger partial charge in [0.25, 0.3) is 0 Å². The van der Waals surface area contributed by atoms with Crippen molar-refractivity contribution >= 4 is 5.97 Å². The number of carboxylic acid groups (broad SMARTS) is 1. The zero-order chi connectivity index (χ0) is 9.56. The van der Waals surface area contributed by atoms with Gasteiger partial charge in [-0.3, -0.25) is 4.79 Å². The van der Waals surface area contributed by atoms with E-state index in [1.54, 1.807) is 6.92 Å². The average Bonchev–Trinajstić information content (AvgIpc) is 2.00. The highest BCUT2D eigenvalue weighted by molar-refractivity contribution is 5.72. The van der Waals surface area contributed by atoms with Crippen LogP contribution in [0.15, 0.2) is 0 Å². The Bertz CT molecular complexity index is 138. The topological polar surface area (TPSA) is 69.6 Å². The van der Waals surface area contributed by atoms with Gasteiger partial charge in [-0.2, -0.15) is 0 Å². The largest absolute Gasteiger partial charge is 0.480 e. The quantitative estimate of drug-likeness (QED) is 0.534. The molecule has 0 aliphatic heterocycles. The van der Waals surface area contributed by atoms with E-state index >= 15 is 0 Å². The van der Waals surface area contributed by atoms with E-state index in [0.29, 0.717) is 18.9 Å². The molecule has 2 unspecified atom stereocenters. The van der Waals surface area contributed by atoms with Gasteiger partial charge in [-0.1, -0.05) is 6.92 Å². The van der Waals surface area contributed by atoms with Crippen molar-refractivity contribution < 1.29 is 15.0 Å². The van der Waals surface area contributed by atoms with Crippen LogP contribution in [0.3, 0.4) is 0 Å². The van der Waals surface area contributed by atoms with Gasteiger partial charge in [0, 0.05) is 6.61 Å². The Kier molecular flexibility index (Phi) is 5.66. The van der Waals surface area contributed by atoms with Crippen molar-refractivity contribution in [3.63, 3.8) is 0 Å². The van der Waals surface area contributed by atoms with Gasteiger partial charge in [-0.25, -0.2) is 0 Å². The molecule has 0 radical (unpaired) electrons. The molecule has 3 N–H and O–H groups in total. The van der Waals surface area contributed by atoms with Crippen molar-refractivity contribution in [2.24, 2.45) is 5.92 Å². The van der Waals surface area contributed by atoms with Crippen LogP contribution in [-0.2, 0) is 4.79 Å². The summed E-state index contributed by atoms with van der Waals surface area (Å²) in [6.45, 7) is 4.37. The molecule has 0 bridgehead atoms. The minimum Gasteiger partial charge on any atom is -0.480 e. The first-order valence-corrected chi connectivity index (χ1v) is 4.15. The Morgan fingerprint density at radius 1 is 1.50 bits per heavy atom. The molecule has 12 heavy (non-hydrogen) atoms. The van der Waals surface area contributed by atoms with Gasteiger partial charge in [-0.15, -0.1) is 0 Å². The van der Waals surface area contributed by atoms with E-state index in [-0.39, 0.29) is 6.61 Å². The second-order valence-corrected chi connectivity index (χ2v) is 3.09. The standard InChI is InChI=1S/C8H17NO3/c1-6(3-4-10)5-9-7(2)8(11)12/h6-7,9-10H,3-5H2,1-2H3,(H,11,12). The van der Waals surface area contributed by atoms with Crippen LogP contribution >= 0.6 is 0 Å². The number of hydrogen-bond donors (Lipinski definition) is 3. The van der Waals surface area contributed by atoms with Gasteiger partial charge in [0.1, 0.15) is 6.04 Å². The van der Waals surface area contributed by atoms with Crippen LogP contribution < -0.4 is 5.32 Å². The maximum atomic E-state index is 10.4. The molecule has 0 spiro atoms. The van der Waals surface area contributed by atoms with E-state index in [9.17, 15) is 4.79 Å². The molecule has 0 aromatic heterocycles. The molecule has 0 saturated carbocycles. The zero-order valence-electron chi connectivity index (χ0n) is 7.58. The predicted octanol–water partition coefficient (Wildman–Crippen LogP) is 0.0676. The minimum absolute atomic E-state index is 0.157. The lowest BCUT2D eigenvalue weighted by molar-refractivity contribution is -0.139. The SMILES string of the molecule is CC(CCO)CNC(C)C(=O)O. The molecule has 72 valence electrons. The third-order valence-electron chi connectivity index (χ3n) is 1.76. The molecule has 0 aromatic rings. The number of aliphatic hydroxyl groups excluding tert-OH is 1. The second-order valence-electron chi connectivity index (χ2n) is 3.09. The third kappa shape index (κ3) is 5.09. The number of hydrogen-bond acceptors (Lipinski definition) is 3. The molecule has 0 amide bonds. The van der Waals surface area contributed by atoms with E-state index < -0.39 is 12.0 Å². The number of aliphatic hydroxyl groups is 1. The molecule has 0 saturated heterocycles. The number of carboxylic acids is 1. The van der Waals surface area contributed by atoms with Crippen molar-refractivity contribution in [1.29, 1.82) is 0 Å². The van der Waals surface area contributed by atoms with Gasteiger partial charge in [0.15, 0.2) is 0 Å². The van der Waals surface area contributed by atoms with Gasteiger partial charge in [0.2, 0.25) is 0 Å². The fourth-order valence-electron chi connectivity index (χ4n) is 0.788. The average molecular weight is 175 g/mol. The van der Waals surface area contributed by atoms with Gasteiger partial charge in [0.05, 0.1) is 0 Å². The Hall–Kier alpha value is -0.610. The van der Waals surface area contributed by atoms with Gasteiger partial charge in [-0.05, 0) is 25.8 Å². The lowest BCUT2D eigenvalue weighted by Gasteiger charge is -2.13. The summed E-state index contributed by atoms with van der Waals surface area (Å²) in [5.74, 6) is -0.525. The molecule has 4 nitrogen and oxygen atoms in total. The molecule has 2 atom stereocenters. The Morgan fingerprint density at radius 3 is 2.50 bits per heavy atom. The molecule has 0 heterocycles. The summed E-state index contributed by atoms with van der Waals surface area (Å²) >= 11 is 0. The summed E-state index contributed by atoms with van der Waals surface area (Å²) in [5.41, 5.74) is 0. The fraction of sp³-hybridized carbons (Fsp3) is 0.875. The number of rotatable bonds is 6. The van der Waals surface area contributed by atoms with Gasteiger partial charge >= 0.3 is 5.97 Å². The fourth-order valence-corrected chi connectivity index (χ4v) is 0.788. The van der Waals surface area contributed by atoms with E-state index in [1.165, 1.54) is 0 Å². The Labute approximate surface area is 72.6 Å². The Morgan fingerprint density at radius 2 is 2.08 bits per heavy atom. The van der Waals surface area contributed by atoms with Crippen LogP contribution in [0.25, 0.3) is 0 Å². The monoisotopic (exact) mass is 175 g/mol. The highest BCUT2D eigenvalue weighted by Crippen LogP contribution is 1.98. The van der Waals surface area contributed by atoms with Crippen molar-refractivity contribution in [2.45, 2.75) is 26.3 Å². The first kappa shape index (κ1) is 11.4. The highest BCUT2D eigenvalue weighted by Gasteiger charge is 2.10. The summed E-state index contributed by atoms with van der Waals surface area (Å²) < 4.78 is 0. The summed E-state index contributed by atoms with van der Waals surface area (Å²) in [5, 5.41) is 19.9. The van der Waals surface area contributed by atoms with Crippen molar-refractivity contribution in [2.75, 3.05) is 13.2 Å². The van der Waals surface area contributed by atoms with E-state index in [4.69, 9.17) is 10.2 Å². The van der Waals surface area contributed by atoms with Crippen LogP contribution in [0.1, 0.15) is 20.3 Å². The van der Waals surface area contributed by atoms with Crippen LogP contribution in [0, 0.1) is 5.92 Å². The molecular weight excluding hydrogens is 158 g/mol. The second kappa shape index (κ2) is 5.97. The first-order valence-electron chi connectivity index (χ1n) is 4.15. The molecule has 0 aliphatic rings. The number of nitrogens with one attached hydrogen (secondary N) is 1. The minimum atomic E-state index is -0.841. The number of aliphatic carboxylic acids is 1. The Balaban J connectivity index is 3.46. The van der Waals surface area contributed by atoms with Crippen LogP contribution in [0.5, 0.6) is 0 Å². The lowest BCUT2D eigenvalue weighted by Crippen LogP contribution is -2.36. The molecule has 0 fully saturated rings. The zero-order valence-corrected chi connectivity index (χ0v) is 7.58. The normalized spacial score (nSPS) is 15.6. The van der Waals surface area contributed by atoms with Crippen LogP contribution in [-0.4, -0.2) is 35.4 Å². The first-order chi connectivity index (χ1) is 5.57. The summed E-state index contributed by atoms with van der Waals surface area (Å²) in [4.78, 5) is 10.4. The number of carbonyl (C=O) groups is 1. The van der Waals surface area contributed by atoms with Crippen LogP contribution in [0.4, 0.5) is 0 Å². The molecule has 0 aliphatic carbocycles. The highest BCUT2D eigenvalue weighted by atomic mass is 16.4. The summed E-state index contributed by atoms with van der Waals surface area (Å²) in [7, 11) is 0. The van der Waals surface area contributed by atoms with Crippen molar-refractivity contribution in [1.82, 2.24) is 5.32 Å². The van der Waals surface area contributed by atoms with Gasteiger partial charge < -0.3 is 15.5 Å². The predicted molar refractivity (Wildman–Crippen MR) is 46.0 cm³/mol. The maximum Gasteiger partial charge on any atom is 0.320 e. The van der Waals surface area contributed by atoms with Crippen molar-refractivity contribution in [3.8, 4) is 0 Å². The molecule has 0 aromatic carbocycles. The van der Waals surface area contributed by atoms with E-state index in [1.807, 2.05) is 6.92 Å². The lowest BCUT2D eigenvalue weighted by atomic mass is 10.1. The smallest absolute Gasteiger partial charge is 0.320 e. The molecular formula is C8H17NO3. The molecule has 0 rings (SSSR count). The van der Waals surface area contributed by atoms with Crippen LogP contribution in [0.2, 0.25) is 0 Å². The van der Waals surface area contributed by atoms with Crippen molar-refractivity contribution in [3.05, 3.63) is 0 Å². The summed E-state index contributed by atoms with van der Waals surface area (Å²) in [6, 6.07) is -0.508.